The van der Waals surface area contributed by atoms with Crippen LogP contribution in [0.2, 0.25) is 0 Å². The Hall–Kier alpha value is -2.01. The third-order valence-electron chi connectivity index (χ3n) is 2.36. The topological polar surface area (TPSA) is 57.8 Å². The Balaban J connectivity index is 2.15. The summed E-state index contributed by atoms with van der Waals surface area (Å²) in [7, 11) is 0. The second-order valence-electron chi connectivity index (χ2n) is 3.42. The Bertz CT molecular complexity index is 628. The van der Waals surface area contributed by atoms with Crippen molar-refractivity contribution in [3.05, 3.63) is 36.0 Å². The Labute approximate surface area is 95.1 Å². The lowest BCUT2D eigenvalue weighted by molar-refractivity contribution is 0.404. The van der Waals surface area contributed by atoms with E-state index in [9.17, 15) is 10.2 Å². The number of hydrogen-bond acceptors (Lipinski definition) is 4. The number of thiazole rings is 1. The van der Waals surface area contributed by atoms with E-state index >= 15 is 0 Å². The van der Waals surface area contributed by atoms with Crippen molar-refractivity contribution in [1.82, 2.24) is 9.38 Å². The Morgan fingerprint density at radius 2 is 2.06 bits per heavy atom. The first kappa shape index (κ1) is 9.23. The van der Waals surface area contributed by atoms with Gasteiger partial charge in [-0.2, -0.15) is 0 Å². The average molecular weight is 232 g/mol. The average Bonchev–Trinajstić information content (AvgIpc) is 2.81. The highest BCUT2D eigenvalue weighted by atomic mass is 32.1. The molecule has 2 N–H and O–H groups in total. The van der Waals surface area contributed by atoms with Crippen LogP contribution in [0.5, 0.6) is 11.5 Å². The van der Waals surface area contributed by atoms with Crippen LogP contribution in [0.25, 0.3) is 16.2 Å². The molecule has 2 heterocycles. The number of fused-ring (bicyclic) bond motifs is 1. The van der Waals surface area contributed by atoms with Crippen LogP contribution in [0.15, 0.2) is 36.0 Å². The van der Waals surface area contributed by atoms with E-state index in [1.54, 1.807) is 17.4 Å². The van der Waals surface area contributed by atoms with Gasteiger partial charge in [0.25, 0.3) is 0 Å². The molecule has 0 aliphatic rings. The van der Waals surface area contributed by atoms with E-state index in [0.29, 0.717) is 0 Å². The lowest BCUT2D eigenvalue weighted by atomic mass is 10.1. The molecule has 0 fully saturated rings. The number of aromatic hydroxyl groups is 2. The molecule has 0 bridgehead atoms. The highest BCUT2D eigenvalue weighted by Crippen LogP contribution is 2.30. The van der Waals surface area contributed by atoms with Crippen molar-refractivity contribution in [1.29, 1.82) is 0 Å². The van der Waals surface area contributed by atoms with Crippen molar-refractivity contribution in [2.45, 2.75) is 0 Å². The van der Waals surface area contributed by atoms with Crippen molar-refractivity contribution in [3.63, 3.8) is 0 Å². The van der Waals surface area contributed by atoms with Gasteiger partial charge in [0.05, 0.1) is 5.69 Å². The molecule has 0 unspecified atom stereocenters. The third kappa shape index (κ3) is 1.33. The monoisotopic (exact) mass is 232 g/mol. The molecule has 0 amide bonds. The molecule has 2 aromatic heterocycles. The molecule has 0 saturated carbocycles. The Morgan fingerprint density at radius 3 is 2.81 bits per heavy atom. The summed E-state index contributed by atoms with van der Waals surface area (Å²) in [4.78, 5) is 5.31. The summed E-state index contributed by atoms with van der Waals surface area (Å²) in [5.74, 6) is -0.251. The molecular weight excluding hydrogens is 224 g/mol. The van der Waals surface area contributed by atoms with E-state index in [2.05, 4.69) is 4.98 Å². The number of imidazole rings is 1. The van der Waals surface area contributed by atoms with Crippen LogP contribution in [-0.2, 0) is 0 Å². The molecule has 3 aromatic rings. The standard InChI is InChI=1S/C11H8N2O2S/c14-9-2-1-7(5-10(9)15)8-6-13-3-4-16-11(13)12-8/h1-6,14-15H. The summed E-state index contributed by atoms with van der Waals surface area (Å²) in [5, 5.41) is 20.6. The summed E-state index contributed by atoms with van der Waals surface area (Å²) < 4.78 is 1.92. The smallest absolute Gasteiger partial charge is 0.194 e. The lowest BCUT2D eigenvalue weighted by Gasteiger charge is -1.99. The van der Waals surface area contributed by atoms with E-state index in [1.165, 1.54) is 12.1 Å². The predicted molar refractivity (Wildman–Crippen MR) is 61.8 cm³/mol. The maximum absolute atomic E-state index is 9.40. The fraction of sp³-hybridized carbons (Fsp3) is 0. The first-order valence-electron chi connectivity index (χ1n) is 4.68. The first-order chi connectivity index (χ1) is 7.74. The van der Waals surface area contributed by atoms with Crippen LogP contribution in [-0.4, -0.2) is 19.6 Å². The largest absolute Gasteiger partial charge is 0.504 e. The molecule has 3 rings (SSSR count). The van der Waals surface area contributed by atoms with Gasteiger partial charge in [-0.3, -0.25) is 4.40 Å². The van der Waals surface area contributed by atoms with Crippen molar-refractivity contribution in [2.75, 3.05) is 0 Å². The van der Waals surface area contributed by atoms with E-state index in [1.807, 2.05) is 22.2 Å². The Morgan fingerprint density at radius 1 is 1.19 bits per heavy atom. The van der Waals surface area contributed by atoms with Crippen molar-refractivity contribution in [2.24, 2.45) is 0 Å². The first-order valence-corrected chi connectivity index (χ1v) is 5.56. The van der Waals surface area contributed by atoms with E-state index in [4.69, 9.17) is 0 Å². The van der Waals surface area contributed by atoms with Crippen molar-refractivity contribution >= 4 is 16.3 Å². The minimum atomic E-state index is -0.131. The maximum Gasteiger partial charge on any atom is 0.194 e. The van der Waals surface area contributed by atoms with Crippen LogP contribution in [0.4, 0.5) is 0 Å². The molecule has 0 aliphatic carbocycles. The van der Waals surface area contributed by atoms with Crippen molar-refractivity contribution < 1.29 is 10.2 Å². The summed E-state index contributed by atoms with van der Waals surface area (Å²) in [6.45, 7) is 0. The number of aromatic nitrogens is 2. The molecule has 5 heteroatoms. The second-order valence-corrected chi connectivity index (χ2v) is 4.30. The van der Waals surface area contributed by atoms with Gasteiger partial charge in [-0.25, -0.2) is 4.98 Å². The second kappa shape index (κ2) is 3.24. The summed E-state index contributed by atoms with van der Waals surface area (Å²) >= 11 is 1.55. The van der Waals surface area contributed by atoms with Crippen LogP contribution >= 0.6 is 11.3 Å². The molecule has 80 valence electrons. The van der Waals surface area contributed by atoms with Crippen LogP contribution in [0, 0.1) is 0 Å². The number of phenolic OH excluding ortho intramolecular Hbond substituents is 2. The van der Waals surface area contributed by atoms with E-state index < -0.39 is 0 Å². The molecule has 0 aliphatic heterocycles. The molecule has 0 radical (unpaired) electrons. The minimum absolute atomic E-state index is 0.121. The number of nitrogens with zero attached hydrogens (tertiary/aromatic N) is 2. The summed E-state index contributed by atoms with van der Waals surface area (Å²) in [6, 6.07) is 4.68. The summed E-state index contributed by atoms with van der Waals surface area (Å²) in [6.07, 6.45) is 3.81. The third-order valence-corrected chi connectivity index (χ3v) is 3.14. The van der Waals surface area contributed by atoms with E-state index in [0.717, 1.165) is 16.2 Å². The fourth-order valence-corrected chi connectivity index (χ4v) is 2.25. The zero-order chi connectivity index (χ0) is 11.1. The molecule has 1 aromatic carbocycles. The highest BCUT2D eigenvalue weighted by Gasteiger charge is 2.07. The molecule has 0 saturated heterocycles. The predicted octanol–water partition coefficient (Wildman–Crippen LogP) is 2.47. The van der Waals surface area contributed by atoms with Crippen LogP contribution in [0.3, 0.4) is 0 Å². The normalized spacial score (nSPS) is 11.0. The zero-order valence-electron chi connectivity index (χ0n) is 8.16. The molecular formula is C11H8N2O2S. The van der Waals surface area contributed by atoms with Gasteiger partial charge >= 0.3 is 0 Å². The lowest BCUT2D eigenvalue weighted by Crippen LogP contribution is -1.77. The van der Waals surface area contributed by atoms with Gasteiger partial charge in [0.1, 0.15) is 0 Å². The van der Waals surface area contributed by atoms with Gasteiger partial charge in [-0.15, -0.1) is 11.3 Å². The zero-order valence-corrected chi connectivity index (χ0v) is 8.98. The van der Waals surface area contributed by atoms with Gasteiger partial charge in [0.15, 0.2) is 16.5 Å². The quantitative estimate of drug-likeness (QED) is 0.634. The van der Waals surface area contributed by atoms with E-state index in [-0.39, 0.29) is 11.5 Å². The molecule has 0 atom stereocenters. The minimum Gasteiger partial charge on any atom is -0.504 e. The van der Waals surface area contributed by atoms with Gasteiger partial charge in [-0.05, 0) is 18.2 Å². The molecule has 0 spiro atoms. The van der Waals surface area contributed by atoms with Crippen molar-refractivity contribution in [3.8, 4) is 22.8 Å². The maximum atomic E-state index is 9.40. The molecule has 4 nitrogen and oxygen atoms in total. The van der Waals surface area contributed by atoms with Gasteiger partial charge in [0, 0.05) is 23.3 Å². The van der Waals surface area contributed by atoms with Crippen LogP contribution in [0.1, 0.15) is 0 Å². The molecule has 16 heavy (non-hydrogen) atoms. The number of phenols is 2. The SMILES string of the molecule is Oc1ccc(-c2cn3ccsc3n2)cc1O. The Kier molecular flexibility index (Phi) is 1.87. The highest BCUT2D eigenvalue weighted by molar-refractivity contribution is 7.15. The summed E-state index contributed by atoms with van der Waals surface area (Å²) in [5.41, 5.74) is 1.56. The van der Waals surface area contributed by atoms with Gasteiger partial charge < -0.3 is 10.2 Å². The van der Waals surface area contributed by atoms with Gasteiger partial charge in [-0.1, -0.05) is 0 Å². The number of rotatable bonds is 1. The number of benzene rings is 1. The van der Waals surface area contributed by atoms with Gasteiger partial charge in [0.2, 0.25) is 0 Å². The van der Waals surface area contributed by atoms with Crippen LogP contribution < -0.4 is 0 Å². The number of hydrogen-bond donors (Lipinski definition) is 2. The fourth-order valence-electron chi connectivity index (χ4n) is 1.55.